The number of sulfonamides is 1. The molecule has 6 heteroatoms. The van der Waals surface area contributed by atoms with Crippen LogP contribution in [-0.2, 0) is 16.6 Å². The van der Waals surface area contributed by atoms with Crippen LogP contribution in [0.2, 0.25) is 0 Å². The molecule has 0 fully saturated rings. The van der Waals surface area contributed by atoms with Crippen LogP contribution < -0.4 is 4.72 Å². The zero-order chi connectivity index (χ0) is 14.8. The third kappa shape index (κ3) is 3.20. The van der Waals surface area contributed by atoms with Crippen molar-refractivity contribution < 1.29 is 13.5 Å². The van der Waals surface area contributed by atoms with Crippen molar-refractivity contribution in [2.45, 2.75) is 18.4 Å². The number of rotatable bonds is 4. The van der Waals surface area contributed by atoms with Gasteiger partial charge in [-0.1, -0.05) is 24.3 Å². The van der Waals surface area contributed by atoms with Gasteiger partial charge in [0.05, 0.1) is 12.3 Å². The van der Waals surface area contributed by atoms with Crippen LogP contribution >= 0.6 is 15.9 Å². The van der Waals surface area contributed by atoms with Gasteiger partial charge in [-0.15, -0.1) is 0 Å². The molecule has 4 nitrogen and oxygen atoms in total. The molecule has 0 bridgehead atoms. The Morgan fingerprint density at radius 3 is 2.50 bits per heavy atom. The van der Waals surface area contributed by atoms with Gasteiger partial charge in [0.2, 0.25) is 0 Å². The summed E-state index contributed by atoms with van der Waals surface area (Å²) >= 11 is 3.23. The van der Waals surface area contributed by atoms with Gasteiger partial charge in [-0.25, -0.2) is 8.42 Å². The van der Waals surface area contributed by atoms with Crippen molar-refractivity contribution in [1.82, 2.24) is 0 Å². The Hall–Kier alpha value is -1.37. The predicted molar refractivity (Wildman–Crippen MR) is 82.1 cm³/mol. The number of nitrogens with one attached hydrogen (secondary N) is 1. The molecule has 2 aromatic carbocycles. The van der Waals surface area contributed by atoms with Crippen molar-refractivity contribution in [3.05, 3.63) is 58.1 Å². The summed E-state index contributed by atoms with van der Waals surface area (Å²) in [4.78, 5) is 0.137. The highest BCUT2D eigenvalue weighted by Gasteiger charge is 2.18. The molecule has 0 unspecified atom stereocenters. The van der Waals surface area contributed by atoms with Crippen molar-refractivity contribution in [3.63, 3.8) is 0 Å². The second kappa shape index (κ2) is 5.95. The standard InChI is InChI=1S/C14H14BrNO3S/c1-10-4-2-3-5-13(10)16-20(18,19)14-7-6-11(9-17)8-12(14)15/h2-8,16-17H,9H2,1H3. The molecule has 0 amide bonds. The summed E-state index contributed by atoms with van der Waals surface area (Å²) in [6.07, 6.45) is 0. The van der Waals surface area contributed by atoms with E-state index in [2.05, 4.69) is 20.7 Å². The Morgan fingerprint density at radius 2 is 1.90 bits per heavy atom. The SMILES string of the molecule is Cc1ccccc1NS(=O)(=O)c1ccc(CO)cc1Br. The molecule has 0 saturated carbocycles. The number of benzene rings is 2. The molecule has 0 saturated heterocycles. The van der Waals surface area contributed by atoms with Crippen LogP contribution in [0.25, 0.3) is 0 Å². The Bertz CT molecular complexity index is 729. The van der Waals surface area contributed by atoms with Gasteiger partial charge in [0.1, 0.15) is 4.90 Å². The highest BCUT2D eigenvalue weighted by molar-refractivity contribution is 9.10. The summed E-state index contributed by atoms with van der Waals surface area (Å²) in [6, 6.07) is 11.8. The highest BCUT2D eigenvalue weighted by Crippen LogP contribution is 2.26. The molecule has 0 aliphatic heterocycles. The van der Waals surface area contributed by atoms with Crippen molar-refractivity contribution in [2.24, 2.45) is 0 Å². The zero-order valence-corrected chi connectivity index (χ0v) is 13.2. The van der Waals surface area contributed by atoms with E-state index in [0.717, 1.165) is 5.56 Å². The topological polar surface area (TPSA) is 66.4 Å². The maximum Gasteiger partial charge on any atom is 0.263 e. The lowest BCUT2D eigenvalue weighted by Gasteiger charge is -2.12. The molecule has 2 aromatic rings. The Balaban J connectivity index is 2.39. The van der Waals surface area contributed by atoms with Crippen molar-refractivity contribution in [2.75, 3.05) is 4.72 Å². The number of aliphatic hydroxyl groups excluding tert-OH is 1. The summed E-state index contributed by atoms with van der Waals surface area (Å²) in [5.41, 5.74) is 2.04. The van der Waals surface area contributed by atoms with Gasteiger partial charge in [-0.2, -0.15) is 0 Å². The van der Waals surface area contributed by atoms with E-state index in [1.165, 1.54) is 6.07 Å². The molecule has 0 atom stereocenters. The maximum absolute atomic E-state index is 12.4. The number of hydrogen-bond donors (Lipinski definition) is 2. The van der Waals surface area contributed by atoms with Crippen LogP contribution in [0.15, 0.2) is 51.8 Å². The number of hydrogen-bond acceptors (Lipinski definition) is 3. The normalized spacial score (nSPS) is 11.3. The second-order valence-electron chi connectivity index (χ2n) is 4.34. The average molecular weight is 356 g/mol. The van der Waals surface area contributed by atoms with E-state index in [9.17, 15) is 8.42 Å². The molecule has 20 heavy (non-hydrogen) atoms. The van der Waals surface area contributed by atoms with E-state index in [1.807, 2.05) is 19.1 Å². The van der Waals surface area contributed by atoms with Gasteiger partial charge in [0.15, 0.2) is 0 Å². The quantitative estimate of drug-likeness (QED) is 0.885. The van der Waals surface area contributed by atoms with E-state index in [0.29, 0.717) is 15.7 Å². The van der Waals surface area contributed by atoms with Gasteiger partial charge in [0.25, 0.3) is 10.0 Å². The highest BCUT2D eigenvalue weighted by atomic mass is 79.9. The van der Waals surface area contributed by atoms with Crippen LogP contribution in [0.5, 0.6) is 0 Å². The smallest absolute Gasteiger partial charge is 0.263 e. The lowest BCUT2D eigenvalue weighted by atomic mass is 10.2. The van der Waals surface area contributed by atoms with E-state index in [-0.39, 0.29) is 11.5 Å². The number of anilines is 1. The van der Waals surface area contributed by atoms with Crippen LogP contribution in [0.3, 0.4) is 0 Å². The first-order valence-corrected chi connectivity index (χ1v) is 8.19. The van der Waals surface area contributed by atoms with Gasteiger partial charge in [-0.3, -0.25) is 4.72 Å². The minimum absolute atomic E-state index is 0.135. The molecule has 0 aliphatic carbocycles. The Kier molecular flexibility index (Phi) is 4.47. The molecule has 0 radical (unpaired) electrons. The summed E-state index contributed by atoms with van der Waals surface area (Å²) in [7, 11) is -3.67. The largest absolute Gasteiger partial charge is 0.392 e. The Morgan fingerprint density at radius 1 is 1.20 bits per heavy atom. The van der Waals surface area contributed by atoms with Gasteiger partial charge >= 0.3 is 0 Å². The first-order valence-electron chi connectivity index (χ1n) is 5.92. The molecule has 0 spiro atoms. The van der Waals surface area contributed by atoms with E-state index in [1.54, 1.807) is 24.3 Å². The summed E-state index contributed by atoms with van der Waals surface area (Å²) in [5.74, 6) is 0. The minimum Gasteiger partial charge on any atom is -0.392 e. The average Bonchev–Trinajstić information content (AvgIpc) is 2.40. The first kappa shape index (κ1) is 15.0. The summed E-state index contributed by atoms with van der Waals surface area (Å²) < 4.78 is 27.7. The molecule has 2 N–H and O–H groups in total. The van der Waals surface area contributed by atoms with E-state index in [4.69, 9.17) is 5.11 Å². The van der Waals surface area contributed by atoms with E-state index < -0.39 is 10.0 Å². The fourth-order valence-corrected chi connectivity index (χ4v) is 4.00. The van der Waals surface area contributed by atoms with E-state index >= 15 is 0 Å². The van der Waals surface area contributed by atoms with Crippen molar-refractivity contribution in [1.29, 1.82) is 0 Å². The molecule has 0 heterocycles. The van der Waals surface area contributed by atoms with Gasteiger partial charge in [0, 0.05) is 4.47 Å². The molecule has 0 aromatic heterocycles. The summed E-state index contributed by atoms with van der Waals surface area (Å²) in [5, 5.41) is 9.04. The Labute approximate surface area is 126 Å². The minimum atomic E-state index is -3.67. The van der Waals surface area contributed by atoms with Crippen LogP contribution in [0, 0.1) is 6.92 Å². The third-order valence-electron chi connectivity index (χ3n) is 2.86. The second-order valence-corrected chi connectivity index (χ2v) is 6.85. The number of para-hydroxylation sites is 1. The summed E-state index contributed by atoms with van der Waals surface area (Å²) in [6.45, 7) is 1.70. The lowest BCUT2D eigenvalue weighted by Crippen LogP contribution is -2.14. The lowest BCUT2D eigenvalue weighted by molar-refractivity contribution is 0.281. The molecular formula is C14H14BrNO3S. The fraction of sp³-hybridized carbons (Fsp3) is 0.143. The maximum atomic E-state index is 12.4. The zero-order valence-electron chi connectivity index (χ0n) is 10.8. The van der Waals surface area contributed by atoms with Crippen molar-refractivity contribution in [3.8, 4) is 0 Å². The first-order chi connectivity index (χ1) is 9.44. The number of halogens is 1. The molecule has 2 rings (SSSR count). The third-order valence-corrected chi connectivity index (χ3v) is 5.20. The monoisotopic (exact) mass is 355 g/mol. The van der Waals surface area contributed by atoms with Gasteiger partial charge < -0.3 is 5.11 Å². The molecular weight excluding hydrogens is 342 g/mol. The number of aliphatic hydroxyl groups is 1. The molecule has 0 aliphatic rings. The van der Waals surface area contributed by atoms with Crippen LogP contribution in [0.1, 0.15) is 11.1 Å². The fourth-order valence-electron chi connectivity index (χ4n) is 1.75. The van der Waals surface area contributed by atoms with Crippen molar-refractivity contribution >= 4 is 31.6 Å². The molecule has 106 valence electrons. The van der Waals surface area contributed by atoms with Crippen LogP contribution in [-0.4, -0.2) is 13.5 Å². The van der Waals surface area contributed by atoms with Crippen LogP contribution in [0.4, 0.5) is 5.69 Å². The number of aryl methyl sites for hydroxylation is 1. The van der Waals surface area contributed by atoms with Gasteiger partial charge in [-0.05, 0) is 52.2 Å². The predicted octanol–water partition coefficient (Wildman–Crippen LogP) is 3.05.